The Morgan fingerprint density at radius 2 is 1.12 bits per heavy atom. The second kappa shape index (κ2) is 6.73. The van der Waals surface area contributed by atoms with Gasteiger partial charge in [0.2, 0.25) is 0 Å². The lowest BCUT2D eigenvalue weighted by molar-refractivity contribution is 0.0402. The number of para-hydroxylation sites is 1. The normalized spacial score (nSPS) is 20.1. The summed E-state index contributed by atoms with van der Waals surface area (Å²) < 4.78 is 0. The van der Waals surface area contributed by atoms with E-state index in [9.17, 15) is 0 Å². The van der Waals surface area contributed by atoms with Crippen LogP contribution in [0.3, 0.4) is 0 Å². The molecule has 1 aliphatic rings. The minimum atomic E-state index is -0.0774. The Morgan fingerprint density at radius 1 is 0.583 bits per heavy atom. The van der Waals surface area contributed by atoms with E-state index in [1.165, 1.54) is 5.56 Å². The van der Waals surface area contributed by atoms with Crippen molar-refractivity contribution < 1.29 is 4.84 Å². The topological polar surface area (TPSA) is 12.5 Å². The molecule has 0 aliphatic carbocycles. The van der Waals surface area contributed by atoms with E-state index in [0.717, 1.165) is 11.3 Å². The number of hydrogen-bond donors (Lipinski definition) is 0. The van der Waals surface area contributed by atoms with Crippen LogP contribution in [0.25, 0.3) is 0 Å². The van der Waals surface area contributed by atoms with Crippen LogP contribution in [0.4, 0.5) is 5.69 Å². The number of nitrogens with zero attached hydrogens (tertiary/aromatic N) is 1. The van der Waals surface area contributed by atoms with E-state index in [2.05, 4.69) is 60.7 Å². The molecule has 0 N–H and O–H groups in total. The van der Waals surface area contributed by atoms with Crippen molar-refractivity contribution in [2.24, 2.45) is 0 Å². The molecule has 0 amide bonds. The van der Waals surface area contributed by atoms with Crippen LogP contribution in [0.5, 0.6) is 0 Å². The lowest BCUT2D eigenvalue weighted by atomic mass is 10.0. The van der Waals surface area contributed by atoms with Gasteiger partial charge in [-0.3, -0.25) is 4.84 Å². The summed E-state index contributed by atoms with van der Waals surface area (Å²) in [7, 11) is 0. The number of hydroxylamine groups is 1. The zero-order valence-corrected chi connectivity index (χ0v) is 13.3. The van der Waals surface area contributed by atoms with Crippen LogP contribution in [0, 0.1) is 0 Å². The highest BCUT2D eigenvalue weighted by Gasteiger charge is 2.27. The Labute approximate surface area is 142 Å². The smallest absolute Gasteiger partial charge is 0.129 e. The van der Waals surface area contributed by atoms with Crippen molar-refractivity contribution in [1.82, 2.24) is 0 Å². The average molecular weight is 313 g/mol. The second-order valence-electron chi connectivity index (χ2n) is 5.84. The molecule has 3 aromatic rings. The van der Waals surface area contributed by atoms with Crippen molar-refractivity contribution >= 4 is 5.69 Å². The van der Waals surface area contributed by atoms with Crippen molar-refractivity contribution in [3.05, 3.63) is 114 Å². The summed E-state index contributed by atoms with van der Waals surface area (Å²) in [6.07, 6.45) is 4.29. The molecule has 0 aromatic heterocycles. The van der Waals surface area contributed by atoms with Crippen LogP contribution < -0.4 is 5.06 Å². The minimum absolute atomic E-state index is 0.0635. The first-order valence-corrected chi connectivity index (χ1v) is 8.21. The summed E-state index contributed by atoms with van der Waals surface area (Å²) >= 11 is 0. The molecule has 0 saturated heterocycles. The predicted molar refractivity (Wildman–Crippen MR) is 97.5 cm³/mol. The molecular formula is C22H19NO. The monoisotopic (exact) mass is 313 g/mol. The van der Waals surface area contributed by atoms with E-state index >= 15 is 0 Å². The predicted octanol–water partition coefficient (Wildman–Crippen LogP) is 5.48. The summed E-state index contributed by atoms with van der Waals surface area (Å²) in [4.78, 5) is 6.37. The van der Waals surface area contributed by atoms with Crippen LogP contribution in [-0.2, 0) is 4.84 Å². The standard InChI is InChI=1S/C22H19NO/c1-4-10-18(11-5-1)21-16-17-22(19-12-6-2-7-13-19)24-23(21)20-14-8-3-9-15-20/h1-17,21-22H/t21-,22+/m1/s1. The van der Waals surface area contributed by atoms with Gasteiger partial charge in [0.1, 0.15) is 6.10 Å². The Bertz CT molecular complexity index is 799. The van der Waals surface area contributed by atoms with Gasteiger partial charge in [-0.25, -0.2) is 5.06 Å². The van der Waals surface area contributed by atoms with E-state index in [0.29, 0.717) is 0 Å². The van der Waals surface area contributed by atoms with Crippen LogP contribution in [-0.4, -0.2) is 0 Å². The first-order chi connectivity index (χ1) is 11.9. The summed E-state index contributed by atoms with van der Waals surface area (Å²) in [6, 6.07) is 31.1. The Kier molecular flexibility index (Phi) is 4.13. The summed E-state index contributed by atoms with van der Waals surface area (Å²) in [5.74, 6) is 0. The molecule has 2 nitrogen and oxygen atoms in total. The molecule has 2 heteroatoms. The van der Waals surface area contributed by atoms with Crippen molar-refractivity contribution in [3.63, 3.8) is 0 Å². The molecule has 0 bridgehead atoms. The maximum Gasteiger partial charge on any atom is 0.129 e. The van der Waals surface area contributed by atoms with Gasteiger partial charge in [-0.05, 0) is 23.3 Å². The molecule has 118 valence electrons. The third-order valence-corrected chi connectivity index (χ3v) is 4.23. The van der Waals surface area contributed by atoms with Gasteiger partial charge in [0.25, 0.3) is 0 Å². The maximum atomic E-state index is 6.37. The molecule has 0 unspecified atom stereocenters. The fraction of sp³-hybridized carbons (Fsp3) is 0.0909. The highest BCUT2D eigenvalue weighted by atomic mass is 16.7. The molecule has 4 rings (SSSR count). The molecule has 3 aromatic carbocycles. The van der Waals surface area contributed by atoms with Crippen molar-refractivity contribution in [3.8, 4) is 0 Å². The largest absolute Gasteiger partial charge is 0.260 e. The maximum absolute atomic E-state index is 6.37. The van der Waals surface area contributed by atoms with Gasteiger partial charge >= 0.3 is 0 Å². The first kappa shape index (κ1) is 14.7. The zero-order valence-electron chi connectivity index (χ0n) is 13.3. The molecule has 0 saturated carbocycles. The van der Waals surface area contributed by atoms with Crippen molar-refractivity contribution in [1.29, 1.82) is 0 Å². The average Bonchev–Trinajstić information content (AvgIpc) is 2.69. The number of benzene rings is 3. The van der Waals surface area contributed by atoms with Gasteiger partial charge < -0.3 is 0 Å². The Morgan fingerprint density at radius 3 is 1.75 bits per heavy atom. The third-order valence-electron chi connectivity index (χ3n) is 4.23. The molecule has 2 atom stereocenters. The molecule has 0 spiro atoms. The number of rotatable bonds is 3. The van der Waals surface area contributed by atoms with Gasteiger partial charge in [0.15, 0.2) is 0 Å². The molecule has 0 fully saturated rings. The summed E-state index contributed by atoms with van der Waals surface area (Å²) in [5.41, 5.74) is 3.42. The number of hydrogen-bond acceptors (Lipinski definition) is 2. The molecule has 1 heterocycles. The van der Waals surface area contributed by atoms with Gasteiger partial charge in [-0.1, -0.05) is 91.0 Å². The Hall–Kier alpha value is -2.84. The second-order valence-corrected chi connectivity index (χ2v) is 5.84. The quantitative estimate of drug-likeness (QED) is 0.594. The van der Waals surface area contributed by atoms with E-state index in [1.54, 1.807) is 0 Å². The fourth-order valence-corrected chi connectivity index (χ4v) is 3.02. The zero-order chi connectivity index (χ0) is 16.2. The van der Waals surface area contributed by atoms with Gasteiger partial charge in [-0.2, -0.15) is 0 Å². The van der Waals surface area contributed by atoms with Crippen LogP contribution in [0.2, 0.25) is 0 Å². The van der Waals surface area contributed by atoms with Crippen LogP contribution in [0.1, 0.15) is 23.3 Å². The highest BCUT2D eigenvalue weighted by molar-refractivity contribution is 5.49. The highest BCUT2D eigenvalue weighted by Crippen LogP contribution is 2.36. The molecule has 0 radical (unpaired) electrons. The van der Waals surface area contributed by atoms with Crippen molar-refractivity contribution in [2.75, 3.05) is 5.06 Å². The van der Waals surface area contributed by atoms with Gasteiger partial charge in [0.05, 0.1) is 11.7 Å². The van der Waals surface area contributed by atoms with E-state index in [4.69, 9.17) is 4.84 Å². The number of anilines is 1. The third kappa shape index (κ3) is 2.97. The molecular weight excluding hydrogens is 294 g/mol. The van der Waals surface area contributed by atoms with Gasteiger partial charge in [0, 0.05) is 0 Å². The van der Waals surface area contributed by atoms with E-state index in [1.807, 2.05) is 47.5 Å². The molecule has 24 heavy (non-hydrogen) atoms. The van der Waals surface area contributed by atoms with Crippen molar-refractivity contribution in [2.45, 2.75) is 12.1 Å². The lowest BCUT2D eigenvalue weighted by Gasteiger charge is -2.37. The lowest BCUT2D eigenvalue weighted by Crippen LogP contribution is -2.32. The Balaban J connectivity index is 1.73. The van der Waals surface area contributed by atoms with Crippen LogP contribution in [0.15, 0.2) is 103 Å². The minimum Gasteiger partial charge on any atom is -0.260 e. The summed E-state index contributed by atoms with van der Waals surface area (Å²) in [5, 5.41) is 2.01. The SMILES string of the molecule is C1=C[C@H](c2ccccc2)N(c2ccccc2)O[C@@H]1c1ccccc1. The fourth-order valence-electron chi connectivity index (χ4n) is 3.02. The summed E-state index contributed by atoms with van der Waals surface area (Å²) in [6.45, 7) is 0. The van der Waals surface area contributed by atoms with E-state index < -0.39 is 0 Å². The molecule has 1 aliphatic heterocycles. The van der Waals surface area contributed by atoms with Crippen LogP contribution >= 0.6 is 0 Å². The van der Waals surface area contributed by atoms with E-state index in [-0.39, 0.29) is 12.1 Å². The van der Waals surface area contributed by atoms with Gasteiger partial charge in [-0.15, -0.1) is 0 Å². The first-order valence-electron chi connectivity index (χ1n) is 8.21.